The molecule has 2 aromatic carbocycles. The molecule has 0 bridgehead atoms. The van der Waals surface area contributed by atoms with Crippen LogP contribution < -0.4 is 21.8 Å². The Morgan fingerprint density at radius 3 is 2.30 bits per heavy atom. The van der Waals surface area contributed by atoms with Gasteiger partial charge >= 0.3 is 0 Å². The Kier molecular flexibility index (Phi) is 4.52. The average molecular weight is 347 g/mol. The summed E-state index contributed by atoms with van der Waals surface area (Å²) < 4.78 is 2.00. The van der Waals surface area contributed by atoms with Gasteiger partial charge in [0.05, 0.1) is 5.69 Å². The standard InChI is InChI=1S/C15H13N3S.BrH/c1-11-7-9-13(10-8-11)18-14(17-15(16)19-18)12-5-3-2-4-6-12;/h2-10,16H,1H3;1H/p-1. The number of hydrogen-bond donors (Lipinski definition) is 1. The maximum atomic E-state index is 7.78. The third kappa shape index (κ3) is 2.89. The predicted octanol–water partition coefficient (Wildman–Crippen LogP) is 0.393. The number of aryl methyl sites for hydroxylation is 1. The Morgan fingerprint density at radius 1 is 1.00 bits per heavy atom. The van der Waals surface area contributed by atoms with Gasteiger partial charge in [0, 0.05) is 5.56 Å². The molecular weight excluding hydrogens is 334 g/mol. The zero-order chi connectivity index (χ0) is 13.2. The van der Waals surface area contributed by atoms with Crippen LogP contribution in [-0.4, -0.2) is 8.94 Å². The maximum Gasteiger partial charge on any atom is 0.220 e. The van der Waals surface area contributed by atoms with Gasteiger partial charge in [-0.25, -0.2) is 3.96 Å². The van der Waals surface area contributed by atoms with E-state index in [4.69, 9.17) is 5.41 Å². The average Bonchev–Trinajstić information content (AvgIpc) is 2.83. The van der Waals surface area contributed by atoms with Gasteiger partial charge in [-0.2, -0.15) is 4.98 Å². The number of nitrogens with one attached hydrogen (secondary N) is 1. The molecule has 0 aliphatic heterocycles. The van der Waals surface area contributed by atoms with Crippen LogP contribution in [0.4, 0.5) is 0 Å². The highest BCUT2D eigenvalue weighted by Crippen LogP contribution is 2.22. The van der Waals surface area contributed by atoms with E-state index in [2.05, 4.69) is 36.2 Å². The summed E-state index contributed by atoms with van der Waals surface area (Å²) in [6.45, 7) is 2.06. The van der Waals surface area contributed by atoms with Crippen molar-refractivity contribution in [3.63, 3.8) is 0 Å². The summed E-state index contributed by atoms with van der Waals surface area (Å²) in [5.74, 6) is 0.819. The van der Waals surface area contributed by atoms with Crippen LogP contribution in [0.25, 0.3) is 17.1 Å². The van der Waals surface area contributed by atoms with Gasteiger partial charge in [-0.05, 0) is 30.6 Å². The number of aromatic nitrogens is 2. The molecular formula is C15H13BrN3S-. The monoisotopic (exact) mass is 346 g/mol. The summed E-state index contributed by atoms with van der Waals surface area (Å²) in [5, 5.41) is 7.78. The molecule has 20 heavy (non-hydrogen) atoms. The summed E-state index contributed by atoms with van der Waals surface area (Å²) in [6, 6.07) is 18.2. The highest BCUT2D eigenvalue weighted by molar-refractivity contribution is 7.04. The number of nitrogens with zero attached hydrogens (tertiary/aromatic N) is 2. The molecule has 0 radical (unpaired) electrons. The molecule has 0 amide bonds. The van der Waals surface area contributed by atoms with E-state index in [1.54, 1.807) is 0 Å². The van der Waals surface area contributed by atoms with Crippen LogP contribution in [0.5, 0.6) is 0 Å². The highest BCUT2D eigenvalue weighted by atomic mass is 79.9. The zero-order valence-corrected chi connectivity index (χ0v) is 13.3. The molecule has 3 rings (SSSR count). The lowest BCUT2D eigenvalue weighted by atomic mass is 10.2. The fourth-order valence-electron chi connectivity index (χ4n) is 1.92. The van der Waals surface area contributed by atoms with Crippen molar-refractivity contribution < 1.29 is 17.0 Å². The minimum absolute atomic E-state index is 0. The summed E-state index contributed by atoms with van der Waals surface area (Å²) in [6.07, 6.45) is 0. The quantitative estimate of drug-likeness (QED) is 0.716. The smallest absolute Gasteiger partial charge is 0.220 e. The predicted molar refractivity (Wildman–Crippen MR) is 77.5 cm³/mol. The minimum Gasteiger partial charge on any atom is -1.00 e. The molecule has 1 heterocycles. The normalized spacial score (nSPS) is 10.1. The SMILES string of the molecule is Cc1ccc(-n2sc(=N)nc2-c2ccccc2)cc1.[Br-]. The van der Waals surface area contributed by atoms with Gasteiger partial charge in [0.1, 0.15) is 0 Å². The van der Waals surface area contributed by atoms with Gasteiger partial charge in [0.25, 0.3) is 0 Å². The largest absolute Gasteiger partial charge is 1.00 e. The second-order valence-corrected chi connectivity index (χ2v) is 5.26. The first-order valence-electron chi connectivity index (χ1n) is 6.01. The van der Waals surface area contributed by atoms with Crippen LogP contribution in [0.3, 0.4) is 0 Å². The Bertz CT molecular complexity index is 745. The van der Waals surface area contributed by atoms with E-state index >= 15 is 0 Å². The van der Waals surface area contributed by atoms with Gasteiger partial charge in [0.2, 0.25) is 4.80 Å². The van der Waals surface area contributed by atoms with Crippen molar-refractivity contribution in [1.29, 1.82) is 5.41 Å². The second kappa shape index (κ2) is 6.15. The van der Waals surface area contributed by atoms with E-state index in [0.717, 1.165) is 17.1 Å². The van der Waals surface area contributed by atoms with Gasteiger partial charge in [0.15, 0.2) is 5.82 Å². The molecule has 0 saturated heterocycles. The molecule has 0 aliphatic carbocycles. The van der Waals surface area contributed by atoms with Crippen molar-refractivity contribution in [2.75, 3.05) is 0 Å². The van der Waals surface area contributed by atoms with Gasteiger partial charge in [-0.15, -0.1) is 0 Å². The molecule has 1 N–H and O–H groups in total. The number of rotatable bonds is 2. The molecule has 0 spiro atoms. The third-order valence-electron chi connectivity index (χ3n) is 2.88. The van der Waals surface area contributed by atoms with Crippen molar-refractivity contribution >= 4 is 11.5 Å². The molecule has 0 aliphatic rings. The molecule has 1 aromatic heterocycles. The van der Waals surface area contributed by atoms with Crippen LogP contribution in [0.15, 0.2) is 54.6 Å². The Balaban J connectivity index is 0.00000147. The number of benzene rings is 2. The third-order valence-corrected chi connectivity index (χ3v) is 3.71. The number of hydrogen-bond acceptors (Lipinski definition) is 3. The van der Waals surface area contributed by atoms with E-state index in [0.29, 0.717) is 4.80 Å². The molecule has 0 atom stereocenters. The summed E-state index contributed by atoms with van der Waals surface area (Å²) in [7, 11) is 0. The van der Waals surface area contributed by atoms with Crippen molar-refractivity contribution in [3.05, 3.63) is 65.0 Å². The van der Waals surface area contributed by atoms with Gasteiger partial charge in [-0.1, -0.05) is 48.0 Å². The number of halogens is 1. The van der Waals surface area contributed by atoms with Crippen molar-refractivity contribution in [2.45, 2.75) is 6.92 Å². The molecule has 102 valence electrons. The molecule has 3 nitrogen and oxygen atoms in total. The maximum absolute atomic E-state index is 7.78. The topological polar surface area (TPSA) is 41.7 Å². The fourth-order valence-corrected chi connectivity index (χ4v) is 2.68. The zero-order valence-electron chi connectivity index (χ0n) is 10.9. The molecule has 0 saturated carbocycles. The Labute approximate surface area is 132 Å². The van der Waals surface area contributed by atoms with Crippen molar-refractivity contribution in [2.24, 2.45) is 0 Å². The van der Waals surface area contributed by atoms with Gasteiger partial charge < -0.3 is 17.0 Å². The van der Waals surface area contributed by atoms with Crippen molar-refractivity contribution in [1.82, 2.24) is 8.94 Å². The van der Waals surface area contributed by atoms with E-state index in [9.17, 15) is 0 Å². The van der Waals surface area contributed by atoms with E-state index in [1.165, 1.54) is 17.1 Å². The van der Waals surface area contributed by atoms with Crippen LogP contribution in [0.2, 0.25) is 0 Å². The van der Waals surface area contributed by atoms with Crippen molar-refractivity contribution in [3.8, 4) is 17.1 Å². The Hall–Kier alpha value is -1.72. The fraction of sp³-hybridized carbons (Fsp3) is 0.0667. The highest BCUT2D eigenvalue weighted by Gasteiger charge is 2.09. The van der Waals surface area contributed by atoms with E-state index < -0.39 is 0 Å². The summed E-state index contributed by atoms with van der Waals surface area (Å²) in [4.78, 5) is 4.65. The van der Waals surface area contributed by atoms with Gasteiger partial charge in [-0.3, -0.25) is 5.41 Å². The lowest BCUT2D eigenvalue weighted by Gasteiger charge is -2.06. The molecule has 5 heteroatoms. The summed E-state index contributed by atoms with van der Waals surface area (Å²) in [5.41, 5.74) is 3.29. The Morgan fingerprint density at radius 2 is 1.65 bits per heavy atom. The van der Waals surface area contributed by atoms with E-state index in [-0.39, 0.29) is 17.0 Å². The molecule has 0 unspecified atom stereocenters. The molecule has 0 fully saturated rings. The first-order chi connectivity index (χ1) is 9.24. The van der Waals surface area contributed by atoms with Crippen LogP contribution >= 0.6 is 11.5 Å². The first-order valence-corrected chi connectivity index (χ1v) is 6.79. The van der Waals surface area contributed by atoms with Crippen LogP contribution in [-0.2, 0) is 0 Å². The second-order valence-electron chi connectivity index (χ2n) is 4.33. The van der Waals surface area contributed by atoms with E-state index in [1.807, 2.05) is 34.3 Å². The first kappa shape index (κ1) is 14.7. The lowest BCUT2D eigenvalue weighted by Crippen LogP contribution is -3.00. The lowest BCUT2D eigenvalue weighted by molar-refractivity contribution is -0.00000412. The summed E-state index contributed by atoms with van der Waals surface area (Å²) >= 11 is 1.34. The van der Waals surface area contributed by atoms with Crippen LogP contribution in [0.1, 0.15) is 5.56 Å². The minimum atomic E-state index is 0. The van der Waals surface area contributed by atoms with Crippen LogP contribution in [0, 0.1) is 12.3 Å². The molecule has 3 aromatic rings.